The Balaban J connectivity index is 1.70. The second kappa shape index (κ2) is 6.49. The lowest BCUT2D eigenvalue weighted by Gasteiger charge is -2.40. The quantitative estimate of drug-likeness (QED) is 0.872. The fourth-order valence-electron chi connectivity index (χ4n) is 4.46. The van der Waals surface area contributed by atoms with Gasteiger partial charge < -0.3 is 14.8 Å². The van der Waals surface area contributed by atoms with Gasteiger partial charge in [-0.25, -0.2) is 4.98 Å². The first-order valence-electron chi connectivity index (χ1n) is 8.68. The summed E-state index contributed by atoms with van der Waals surface area (Å²) in [6, 6.07) is 2.22. The second-order valence-corrected chi connectivity index (χ2v) is 6.78. The van der Waals surface area contributed by atoms with Gasteiger partial charge in [0, 0.05) is 43.5 Å². The number of piperidine rings is 1. The van der Waals surface area contributed by atoms with Gasteiger partial charge in [0.05, 0.1) is 0 Å². The summed E-state index contributed by atoms with van der Waals surface area (Å²) in [5.41, 5.74) is 0. The SMILES string of the molecule is CCNC(Cc1nccn1CC)C1CC2CCC(C1)N2C. The Morgan fingerprint density at radius 3 is 2.62 bits per heavy atom. The van der Waals surface area contributed by atoms with Crippen LogP contribution in [-0.2, 0) is 13.0 Å². The van der Waals surface area contributed by atoms with Crippen molar-refractivity contribution in [3.05, 3.63) is 18.2 Å². The smallest absolute Gasteiger partial charge is 0.110 e. The molecule has 0 aliphatic carbocycles. The molecule has 0 saturated carbocycles. The molecule has 2 bridgehead atoms. The molecule has 2 aliphatic rings. The molecule has 4 heteroatoms. The van der Waals surface area contributed by atoms with Crippen molar-refractivity contribution in [2.75, 3.05) is 13.6 Å². The van der Waals surface area contributed by atoms with E-state index in [0.717, 1.165) is 37.5 Å². The predicted octanol–water partition coefficient (Wildman–Crippen LogP) is 2.30. The van der Waals surface area contributed by atoms with Crippen LogP contribution in [-0.4, -0.2) is 46.2 Å². The average molecular weight is 290 g/mol. The fourth-order valence-corrected chi connectivity index (χ4v) is 4.46. The Labute approximate surface area is 128 Å². The van der Waals surface area contributed by atoms with Gasteiger partial charge in [-0.1, -0.05) is 6.92 Å². The molecule has 0 spiro atoms. The maximum Gasteiger partial charge on any atom is 0.110 e. The standard InChI is InChI=1S/C17H30N4/c1-4-18-16(12-17-19-8-9-21(17)5-2)13-10-14-6-7-15(11-13)20(14)3/h8-9,13-16,18H,4-7,10-12H2,1-3H3. The van der Waals surface area contributed by atoms with E-state index in [0.29, 0.717) is 6.04 Å². The van der Waals surface area contributed by atoms with Crippen molar-refractivity contribution in [1.82, 2.24) is 19.8 Å². The molecule has 21 heavy (non-hydrogen) atoms. The second-order valence-electron chi connectivity index (χ2n) is 6.78. The van der Waals surface area contributed by atoms with Crippen LogP contribution >= 0.6 is 0 Å². The summed E-state index contributed by atoms with van der Waals surface area (Å²) in [5.74, 6) is 2.05. The molecule has 3 unspecified atom stereocenters. The van der Waals surface area contributed by atoms with Crippen LogP contribution in [0.4, 0.5) is 0 Å². The number of fused-ring (bicyclic) bond motifs is 2. The molecule has 1 aromatic heterocycles. The van der Waals surface area contributed by atoms with Gasteiger partial charge in [-0.3, -0.25) is 0 Å². The Hall–Kier alpha value is -0.870. The van der Waals surface area contributed by atoms with Crippen LogP contribution in [0.1, 0.15) is 45.4 Å². The number of hydrogen-bond acceptors (Lipinski definition) is 3. The molecule has 2 aliphatic heterocycles. The first kappa shape index (κ1) is 15.0. The maximum absolute atomic E-state index is 4.59. The lowest BCUT2D eigenvalue weighted by Crippen LogP contribution is -2.48. The number of rotatable bonds is 6. The zero-order chi connectivity index (χ0) is 14.8. The predicted molar refractivity (Wildman–Crippen MR) is 86.4 cm³/mol. The lowest BCUT2D eigenvalue weighted by atomic mass is 9.83. The number of nitrogens with zero attached hydrogens (tertiary/aromatic N) is 3. The zero-order valence-electron chi connectivity index (χ0n) is 13.8. The molecule has 3 heterocycles. The number of aryl methyl sites for hydroxylation is 1. The minimum Gasteiger partial charge on any atom is -0.335 e. The minimum atomic E-state index is 0.583. The van der Waals surface area contributed by atoms with E-state index in [1.54, 1.807) is 0 Å². The van der Waals surface area contributed by atoms with Gasteiger partial charge in [0.15, 0.2) is 0 Å². The van der Waals surface area contributed by atoms with Crippen LogP contribution in [0.2, 0.25) is 0 Å². The highest BCUT2D eigenvalue weighted by atomic mass is 15.2. The first-order valence-corrected chi connectivity index (χ1v) is 8.68. The van der Waals surface area contributed by atoms with Gasteiger partial charge in [-0.2, -0.15) is 0 Å². The van der Waals surface area contributed by atoms with Crippen molar-refractivity contribution in [1.29, 1.82) is 0 Å². The highest BCUT2D eigenvalue weighted by Gasteiger charge is 2.40. The van der Waals surface area contributed by atoms with Crippen molar-refractivity contribution >= 4 is 0 Å². The molecule has 3 rings (SSSR count). The average Bonchev–Trinajstić information content (AvgIpc) is 2.99. The maximum atomic E-state index is 4.59. The molecule has 3 atom stereocenters. The van der Waals surface area contributed by atoms with Crippen LogP contribution in [0, 0.1) is 5.92 Å². The highest BCUT2D eigenvalue weighted by Crippen LogP contribution is 2.39. The van der Waals surface area contributed by atoms with E-state index in [4.69, 9.17) is 0 Å². The summed E-state index contributed by atoms with van der Waals surface area (Å²) in [6.07, 6.45) is 10.6. The molecule has 4 nitrogen and oxygen atoms in total. The van der Waals surface area contributed by atoms with Gasteiger partial charge in [-0.05, 0) is 52.1 Å². The van der Waals surface area contributed by atoms with Gasteiger partial charge >= 0.3 is 0 Å². The van der Waals surface area contributed by atoms with E-state index < -0.39 is 0 Å². The number of imidazole rings is 1. The van der Waals surface area contributed by atoms with E-state index in [9.17, 15) is 0 Å². The van der Waals surface area contributed by atoms with Gasteiger partial charge in [0.25, 0.3) is 0 Å². The molecule has 0 aromatic carbocycles. The Bertz CT molecular complexity index is 441. The number of likely N-dealkylation sites (N-methyl/N-ethyl adjacent to an activating group) is 1. The number of hydrogen-bond donors (Lipinski definition) is 1. The third kappa shape index (κ3) is 3.02. The third-order valence-corrected chi connectivity index (χ3v) is 5.71. The van der Waals surface area contributed by atoms with Crippen LogP contribution < -0.4 is 5.32 Å². The van der Waals surface area contributed by atoms with Crippen LogP contribution in [0.3, 0.4) is 0 Å². The van der Waals surface area contributed by atoms with E-state index in [-0.39, 0.29) is 0 Å². The van der Waals surface area contributed by atoms with E-state index in [1.807, 2.05) is 6.20 Å². The number of aromatic nitrogens is 2. The Morgan fingerprint density at radius 1 is 1.29 bits per heavy atom. The Kier molecular flexibility index (Phi) is 4.65. The lowest BCUT2D eigenvalue weighted by molar-refractivity contribution is 0.112. The molecule has 2 saturated heterocycles. The molecule has 1 aromatic rings. The normalized spacial score (nSPS) is 30.7. The summed E-state index contributed by atoms with van der Waals surface area (Å²) in [6.45, 7) is 6.50. The van der Waals surface area contributed by atoms with E-state index >= 15 is 0 Å². The zero-order valence-corrected chi connectivity index (χ0v) is 13.8. The molecular weight excluding hydrogens is 260 g/mol. The molecular formula is C17H30N4. The van der Waals surface area contributed by atoms with Crippen LogP contribution in [0.5, 0.6) is 0 Å². The number of nitrogens with one attached hydrogen (secondary N) is 1. The summed E-state index contributed by atoms with van der Waals surface area (Å²) >= 11 is 0. The minimum absolute atomic E-state index is 0.583. The van der Waals surface area contributed by atoms with Crippen LogP contribution in [0.25, 0.3) is 0 Å². The summed E-state index contributed by atoms with van der Waals surface area (Å²) in [7, 11) is 2.32. The van der Waals surface area contributed by atoms with E-state index in [2.05, 4.69) is 46.9 Å². The fraction of sp³-hybridized carbons (Fsp3) is 0.824. The Morgan fingerprint density at radius 2 is 2.00 bits per heavy atom. The van der Waals surface area contributed by atoms with Crippen molar-refractivity contribution < 1.29 is 0 Å². The van der Waals surface area contributed by atoms with Gasteiger partial charge in [0.2, 0.25) is 0 Å². The third-order valence-electron chi connectivity index (χ3n) is 5.71. The molecule has 0 amide bonds. The van der Waals surface area contributed by atoms with E-state index in [1.165, 1.54) is 31.5 Å². The first-order chi connectivity index (χ1) is 10.2. The van der Waals surface area contributed by atoms with Crippen molar-refractivity contribution in [2.24, 2.45) is 5.92 Å². The molecule has 118 valence electrons. The van der Waals surface area contributed by atoms with Crippen LogP contribution in [0.15, 0.2) is 12.4 Å². The van der Waals surface area contributed by atoms with Crippen molar-refractivity contribution in [3.63, 3.8) is 0 Å². The molecule has 1 N–H and O–H groups in total. The van der Waals surface area contributed by atoms with Gasteiger partial charge in [-0.15, -0.1) is 0 Å². The monoisotopic (exact) mass is 290 g/mol. The summed E-state index contributed by atoms with van der Waals surface area (Å²) < 4.78 is 2.29. The van der Waals surface area contributed by atoms with Gasteiger partial charge in [0.1, 0.15) is 5.82 Å². The largest absolute Gasteiger partial charge is 0.335 e. The summed E-state index contributed by atoms with van der Waals surface area (Å²) in [4.78, 5) is 7.22. The van der Waals surface area contributed by atoms with Crippen molar-refractivity contribution in [3.8, 4) is 0 Å². The van der Waals surface area contributed by atoms with Crippen molar-refractivity contribution in [2.45, 2.75) is 70.6 Å². The molecule has 0 radical (unpaired) electrons. The molecule has 2 fully saturated rings. The topological polar surface area (TPSA) is 33.1 Å². The summed E-state index contributed by atoms with van der Waals surface area (Å²) in [5, 5.41) is 3.75. The highest BCUT2D eigenvalue weighted by molar-refractivity contribution is 5.01.